The number of hydrogen-bond acceptors (Lipinski definition) is 8. The Labute approximate surface area is 164 Å². The molecule has 144 valence electrons. The molecule has 0 amide bonds. The van der Waals surface area contributed by atoms with E-state index in [0.29, 0.717) is 17.1 Å². The first-order chi connectivity index (χ1) is 14.1. The van der Waals surface area contributed by atoms with E-state index in [0.717, 1.165) is 5.69 Å². The molecule has 0 radical (unpaired) electrons. The molecule has 3 aromatic heterocycles. The average Bonchev–Trinajstić information content (AvgIpc) is 3.22. The summed E-state index contributed by atoms with van der Waals surface area (Å²) in [4.78, 5) is 32.8. The Morgan fingerprint density at radius 2 is 2.00 bits per heavy atom. The van der Waals surface area contributed by atoms with Crippen molar-refractivity contribution in [3.8, 4) is 17.1 Å². The van der Waals surface area contributed by atoms with Crippen molar-refractivity contribution in [1.82, 2.24) is 24.9 Å². The van der Waals surface area contributed by atoms with Crippen LogP contribution in [0.2, 0.25) is 0 Å². The molecule has 1 aromatic carbocycles. The van der Waals surface area contributed by atoms with Gasteiger partial charge in [0.1, 0.15) is 0 Å². The van der Waals surface area contributed by atoms with Gasteiger partial charge in [-0.15, -0.1) is 0 Å². The Kier molecular flexibility index (Phi) is 4.93. The van der Waals surface area contributed by atoms with E-state index < -0.39 is 11.4 Å². The highest BCUT2D eigenvalue weighted by Gasteiger charge is 2.18. The number of carbonyl (C=O) groups excluding carboxylic acids is 1. The summed E-state index contributed by atoms with van der Waals surface area (Å²) < 4.78 is 11.7. The number of ether oxygens (including phenoxy) is 1. The third-order valence-electron chi connectivity index (χ3n) is 4.02. The van der Waals surface area contributed by atoms with Crippen molar-refractivity contribution in [3.05, 3.63) is 88.4 Å². The molecular formula is C20H15N5O4. The zero-order valence-electron chi connectivity index (χ0n) is 15.3. The second-order valence-corrected chi connectivity index (χ2v) is 6.08. The van der Waals surface area contributed by atoms with Crippen LogP contribution < -0.4 is 5.43 Å². The monoisotopic (exact) mass is 389 g/mol. The fourth-order valence-electron chi connectivity index (χ4n) is 2.64. The second kappa shape index (κ2) is 7.85. The number of para-hydroxylation sites is 1. The predicted molar refractivity (Wildman–Crippen MR) is 101 cm³/mol. The molecular weight excluding hydrogens is 374 g/mol. The highest BCUT2D eigenvalue weighted by Crippen LogP contribution is 2.14. The molecule has 0 N–H and O–H groups in total. The van der Waals surface area contributed by atoms with Crippen molar-refractivity contribution in [2.45, 2.75) is 13.5 Å². The predicted octanol–water partition coefficient (Wildman–Crippen LogP) is 2.34. The van der Waals surface area contributed by atoms with Crippen molar-refractivity contribution < 1.29 is 14.1 Å². The third kappa shape index (κ3) is 3.93. The number of pyridine rings is 1. The maximum absolute atomic E-state index is 12.4. The summed E-state index contributed by atoms with van der Waals surface area (Å²) in [5.41, 5.74) is 1.13. The summed E-state index contributed by atoms with van der Waals surface area (Å²) in [6.45, 7) is 1.45. The smallest absolute Gasteiger partial charge is 0.363 e. The molecule has 9 heteroatoms. The maximum atomic E-state index is 12.4. The largest absolute Gasteiger partial charge is 0.451 e. The number of benzene rings is 1. The van der Waals surface area contributed by atoms with Crippen LogP contribution in [0, 0.1) is 6.92 Å². The highest BCUT2D eigenvalue weighted by atomic mass is 16.6. The molecule has 0 fully saturated rings. The minimum atomic E-state index is -0.874. The van der Waals surface area contributed by atoms with Crippen molar-refractivity contribution in [3.63, 3.8) is 0 Å². The molecule has 3 heterocycles. The summed E-state index contributed by atoms with van der Waals surface area (Å²) in [7, 11) is 0. The van der Waals surface area contributed by atoms with Crippen LogP contribution in [0.1, 0.15) is 22.1 Å². The number of carbonyl (C=O) groups is 1. The highest BCUT2D eigenvalue weighted by molar-refractivity contribution is 5.86. The van der Waals surface area contributed by atoms with E-state index in [-0.39, 0.29) is 18.2 Å². The van der Waals surface area contributed by atoms with E-state index in [1.165, 1.54) is 10.7 Å². The minimum Gasteiger partial charge on any atom is -0.451 e. The molecule has 0 spiro atoms. The number of aromatic nitrogens is 5. The quantitative estimate of drug-likeness (QED) is 0.478. The third-order valence-corrected chi connectivity index (χ3v) is 4.02. The SMILES string of the molecule is Cc1cc(=O)c(C(=O)OCc2nc(-c3cccnc3)no2)nn1-c1ccccc1. The molecule has 29 heavy (non-hydrogen) atoms. The number of aryl methyl sites for hydroxylation is 1. The lowest BCUT2D eigenvalue weighted by Crippen LogP contribution is -2.24. The average molecular weight is 389 g/mol. The van der Waals surface area contributed by atoms with Gasteiger partial charge in [-0.3, -0.25) is 9.78 Å². The molecule has 0 saturated heterocycles. The summed E-state index contributed by atoms with van der Waals surface area (Å²) >= 11 is 0. The minimum absolute atomic E-state index is 0.0905. The molecule has 0 saturated carbocycles. The first-order valence-electron chi connectivity index (χ1n) is 8.68. The molecule has 0 aliphatic rings. The Hall–Kier alpha value is -4.14. The van der Waals surface area contributed by atoms with Gasteiger partial charge in [0.2, 0.25) is 16.9 Å². The van der Waals surface area contributed by atoms with Gasteiger partial charge in [0.15, 0.2) is 6.61 Å². The number of esters is 1. The van der Waals surface area contributed by atoms with Crippen LogP contribution >= 0.6 is 0 Å². The topological polar surface area (TPSA) is 113 Å². The second-order valence-electron chi connectivity index (χ2n) is 6.08. The number of nitrogens with zero attached hydrogens (tertiary/aromatic N) is 5. The van der Waals surface area contributed by atoms with Gasteiger partial charge in [0, 0.05) is 29.7 Å². The lowest BCUT2D eigenvalue weighted by molar-refractivity contribution is 0.0419. The van der Waals surface area contributed by atoms with Crippen molar-refractivity contribution >= 4 is 5.97 Å². The van der Waals surface area contributed by atoms with Crippen LogP contribution in [-0.2, 0) is 11.3 Å². The van der Waals surface area contributed by atoms with Crippen molar-refractivity contribution in [2.24, 2.45) is 0 Å². The number of hydrogen-bond donors (Lipinski definition) is 0. The van der Waals surface area contributed by atoms with E-state index in [9.17, 15) is 9.59 Å². The fourth-order valence-corrected chi connectivity index (χ4v) is 2.64. The summed E-state index contributed by atoms with van der Waals surface area (Å²) in [5.74, 6) is -0.461. The van der Waals surface area contributed by atoms with E-state index in [1.807, 2.05) is 30.3 Å². The standard InChI is InChI=1S/C20H15N5O4/c1-13-10-16(26)18(23-25(13)15-7-3-2-4-8-15)20(27)28-12-17-22-19(24-29-17)14-6-5-9-21-11-14/h2-11H,12H2,1H3. The Bertz CT molecular complexity index is 1200. The van der Waals surface area contributed by atoms with Crippen LogP contribution in [0.15, 0.2) is 70.2 Å². The first kappa shape index (κ1) is 18.2. The molecule has 0 aliphatic carbocycles. The van der Waals surface area contributed by atoms with Gasteiger partial charge >= 0.3 is 5.97 Å². The Morgan fingerprint density at radius 3 is 2.76 bits per heavy atom. The van der Waals surface area contributed by atoms with E-state index in [4.69, 9.17) is 9.26 Å². The maximum Gasteiger partial charge on any atom is 0.363 e. The van der Waals surface area contributed by atoms with Gasteiger partial charge in [-0.25, -0.2) is 9.48 Å². The van der Waals surface area contributed by atoms with Gasteiger partial charge in [-0.1, -0.05) is 23.4 Å². The molecule has 4 rings (SSSR count). The van der Waals surface area contributed by atoms with Gasteiger partial charge in [-0.05, 0) is 31.2 Å². The normalized spacial score (nSPS) is 10.7. The zero-order chi connectivity index (χ0) is 20.2. The summed E-state index contributed by atoms with van der Waals surface area (Å²) in [5, 5.41) is 7.98. The van der Waals surface area contributed by atoms with Crippen LogP contribution in [-0.4, -0.2) is 30.9 Å². The van der Waals surface area contributed by atoms with Crippen LogP contribution in [0.5, 0.6) is 0 Å². The molecule has 9 nitrogen and oxygen atoms in total. The first-order valence-corrected chi connectivity index (χ1v) is 8.68. The molecule has 0 bridgehead atoms. The van der Waals surface area contributed by atoms with Gasteiger partial charge in [0.25, 0.3) is 5.89 Å². The van der Waals surface area contributed by atoms with Crippen LogP contribution in [0.25, 0.3) is 17.1 Å². The molecule has 4 aromatic rings. The molecule has 0 unspecified atom stereocenters. The fraction of sp³-hybridized carbons (Fsp3) is 0.100. The van der Waals surface area contributed by atoms with Crippen molar-refractivity contribution in [1.29, 1.82) is 0 Å². The summed E-state index contributed by atoms with van der Waals surface area (Å²) in [6, 6.07) is 14.0. The lowest BCUT2D eigenvalue weighted by Gasteiger charge is -2.10. The molecule has 0 aliphatic heterocycles. The lowest BCUT2D eigenvalue weighted by atomic mass is 10.3. The molecule has 0 atom stereocenters. The Morgan fingerprint density at radius 1 is 1.17 bits per heavy atom. The van der Waals surface area contributed by atoms with E-state index in [1.54, 1.807) is 31.5 Å². The Balaban J connectivity index is 1.52. The van der Waals surface area contributed by atoms with Crippen LogP contribution in [0.3, 0.4) is 0 Å². The van der Waals surface area contributed by atoms with E-state index >= 15 is 0 Å². The van der Waals surface area contributed by atoms with Gasteiger partial charge in [0.05, 0.1) is 5.69 Å². The van der Waals surface area contributed by atoms with Gasteiger partial charge in [-0.2, -0.15) is 10.1 Å². The van der Waals surface area contributed by atoms with E-state index in [2.05, 4.69) is 20.2 Å². The zero-order valence-corrected chi connectivity index (χ0v) is 15.3. The van der Waals surface area contributed by atoms with Crippen molar-refractivity contribution in [2.75, 3.05) is 0 Å². The summed E-state index contributed by atoms with van der Waals surface area (Å²) in [6.07, 6.45) is 3.21. The van der Waals surface area contributed by atoms with Gasteiger partial charge < -0.3 is 9.26 Å². The van der Waals surface area contributed by atoms with Crippen LogP contribution in [0.4, 0.5) is 0 Å². The number of rotatable bonds is 5.